The molecule has 2 saturated carbocycles. The monoisotopic (exact) mass is 481 g/mol. The first-order valence-corrected chi connectivity index (χ1v) is 14.5. The minimum Gasteiger partial charge on any atom is -0.379 e. The number of morpholine rings is 1. The highest BCUT2D eigenvalue weighted by molar-refractivity contribution is 5.83. The molecule has 2 aromatic carbocycles. The van der Waals surface area contributed by atoms with Gasteiger partial charge in [-0.2, -0.15) is 0 Å². The van der Waals surface area contributed by atoms with Crippen LogP contribution in [-0.2, 0) is 9.47 Å². The summed E-state index contributed by atoms with van der Waals surface area (Å²) in [6.07, 6.45) is 15.1. The van der Waals surface area contributed by atoms with E-state index < -0.39 is 0 Å². The van der Waals surface area contributed by atoms with Crippen molar-refractivity contribution in [3.05, 3.63) is 71.3 Å². The first-order chi connectivity index (χ1) is 17.6. The Kier molecular flexibility index (Phi) is 4.78. The van der Waals surface area contributed by atoms with E-state index in [9.17, 15) is 0 Å². The van der Waals surface area contributed by atoms with Gasteiger partial charge in [0.25, 0.3) is 0 Å². The van der Waals surface area contributed by atoms with Gasteiger partial charge in [0.15, 0.2) is 0 Å². The quantitative estimate of drug-likeness (QED) is 0.472. The Hall–Kier alpha value is -1.94. The van der Waals surface area contributed by atoms with Crippen LogP contribution in [0.4, 0.5) is 0 Å². The molecule has 0 aromatic heterocycles. The predicted molar refractivity (Wildman–Crippen MR) is 144 cm³/mol. The highest BCUT2D eigenvalue weighted by atomic mass is 16.5. The van der Waals surface area contributed by atoms with Gasteiger partial charge in [0, 0.05) is 19.1 Å². The van der Waals surface area contributed by atoms with Gasteiger partial charge < -0.3 is 9.47 Å². The van der Waals surface area contributed by atoms with E-state index in [-0.39, 0.29) is 16.6 Å². The maximum atomic E-state index is 7.54. The number of rotatable bonds is 2. The first kappa shape index (κ1) is 22.1. The van der Waals surface area contributed by atoms with Gasteiger partial charge in [0.1, 0.15) is 0 Å². The SMILES string of the molecule is C[C@]12CC=C3C=C4CC[C@@H](N5CCOCC5)C[C@]45CCC3(O5)[C@@H]1CCC2c1ccc2ccccc2c1. The van der Waals surface area contributed by atoms with Gasteiger partial charge in [-0.25, -0.2) is 0 Å². The van der Waals surface area contributed by atoms with Gasteiger partial charge in [0.2, 0.25) is 0 Å². The molecule has 2 unspecified atom stereocenters. The number of hydrogen-bond donors (Lipinski definition) is 0. The molecule has 3 aliphatic heterocycles. The fraction of sp³-hybridized carbons (Fsp3) is 0.576. The molecule has 4 fully saturated rings. The van der Waals surface area contributed by atoms with Gasteiger partial charge >= 0.3 is 0 Å². The normalized spacial score (nSPS) is 41.9. The van der Waals surface area contributed by atoms with E-state index in [0.717, 1.165) is 26.3 Å². The van der Waals surface area contributed by atoms with Crippen molar-refractivity contribution in [2.24, 2.45) is 11.3 Å². The Labute approximate surface area is 215 Å². The summed E-state index contributed by atoms with van der Waals surface area (Å²) in [5.74, 6) is 1.22. The smallest absolute Gasteiger partial charge is 0.0974 e. The predicted octanol–water partition coefficient (Wildman–Crippen LogP) is 6.78. The van der Waals surface area contributed by atoms with Crippen molar-refractivity contribution in [3.63, 3.8) is 0 Å². The summed E-state index contributed by atoms with van der Waals surface area (Å²) < 4.78 is 13.2. The number of fused-ring (bicyclic) bond motifs is 2. The van der Waals surface area contributed by atoms with Crippen LogP contribution in [0, 0.1) is 11.3 Å². The molecular weight excluding hydrogens is 442 g/mol. The molecule has 0 amide bonds. The van der Waals surface area contributed by atoms with E-state index in [0.29, 0.717) is 17.9 Å². The minimum atomic E-state index is -0.0605. The maximum absolute atomic E-state index is 7.54. The molecule has 3 aliphatic carbocycles. The second-order valence-corrected chi connectivity index (χ2v) is 12.9. The maximum Gasteiger partial charge on any atom is 0.0974 e. The van der Waals surface area contributed by atoms with Crippen LogP contribution in [0.1, 0.15) is 69.8 Å². The van der Waals surface area contributed by atoms with Crippen LogP contribution in [-0.4, -0.2) is 48.4 Å². The standard InChI is InChI=1S/C33H39NO2/c1-31-13-12-27-21-26-8-9-28(34-16-18-35-19-17-34)22-32(26)14-15-33(27,36-32)30(31)11-10-29(31)25-7-6-23-4-2-3-5-24(23)20-25/h2-7,12,20-21,28-30H,8-11,13-19,22H2,1H3/t28-,29?,30-,31-,32-,33?/m1/s1. The molecule has 6 atom stereocenters. The summed E-state index contributed by atoms with van der Waals surface area (Å²) in [7, 11) is 0. The highest BCUT2D eigenvalue weighted by Crippen LogP contribution is 2.69. The molecule has 2 spiro atoms. The molecule has 0 radical (unpaired) electrons. The molecule has 3 heteroatoms. The number of ether oxygens (including phenoxy) is 2. The lowest BCUT2D eigenvalue weighted by Gasteiger charge is -2.55. The van der Waals surface area contributed by atoms with Crippen LogP contribution in [0.15, 0.2) is 65.8 Å². The lowest BCUT2D eigenvalue weighted by Crippen LogP contribution is -2.56. The first-order valence-electron chi connectivity index (χ1n) is 14.5. The molecule has 6 aliphatic rings. The lowest BCUT2D eigenvalue weighted by molar-refractivity contribution is -0.143. The molecule has 0 N–H and O–H groups in total. The Morgan fingerprint density at radius 2 is 1.81 bits per heavy atom. The topological polar surface area (TPSA) is 21.7 Å². The Morgan fingerprint density at radius 3 is 2.69 bits per heavy atom. The molecule has 2 aromatic rings. The van der Waals surface area contributed by atoms with E-state index in [1.807, 2.05) is 0 Å². The number of benzene rings is 2. The van der Waals surface area contributed by atoms with E-state index in [2.05, 4.69) is 66.4 Å². The summed E-state index contributed by atoms with van der Waals surface area (Å²) >= 11 is 0. The third-order valence-corrected chi connectivity index (χ3v) is 11.4. The molecule has 8 rings (SSSR count). The summed E-state index contributed by atoms with van der Waals surface area (Å²) in [6.45, 7) is 6.55. The Bertz CT molecular complexity index is 1270. The fourth-order valence-corrected chi connectivity index (χ4v) is 9.61. The van der Waals surface area contributed by atoms with Gasteiger partial charge in [-0.15, -0.1) is 0 Å². The van der Waals surface area contributed by atoms with Crippen molar-refractivity contribution in [2.45, 2.75) is 81.5 Å². The second-order valence-electron chi connectivity index (χ2n) is 12.9. The van der Waals surface area contributed by atoms with Crippen LogP contribution in [0.25, 0.3) is 10.8 Å². The number of allylic oxidation sites excluding steroid dienone is 1. The number of hydrogen-bond acceptors (Lipinski definition) is 3. The Morgan fingerprint density at radius 1 is 0.944 bits per heavy atom. The summed E-state index contributed by atoms with van der Waals surface area (Å²) in [5, 5.41) is 2.73. The summed E-state index contributed by atoms with van der Waals surface area (Å²) in [4.78, 5) is 2.70. The van der Waals surface area contributed by atoms with E-state index in [1.54, 1.807) is 5.57 Å². The number of nitrogens with zero attached hydrogens (tertiary/aromatic N) is 1. The van der Waals surface area contributed by atoms with Crippen molar-refractivity contribution < 1.29 is 9.47 Å². The second kappa shape index (κ2) is 7.79. The van der Waals surface area contributed by atoms with Crippen LogP contribution in [0.2, 0.25) is 0 Å². The molecule has 3 heterocycles. The van der Waals surface area contributed by atoms with Crippen molar-refractivity contribution in [1.29, 1.82) is 0 Å². The average Bonchev–Trinajstić information content (AvgIpc) is 3.43. The van der Waals surface area contributed by atoms with Gasteiger partial charge in [-0.05, 0) is 96.1 Å². The van der Waals surface area contributed by atoms with E-state index >= 15 is 0 Å². The van der Waals surface area contributed by atoms with Gasteiger partial charge in [0.05, 0.1) is 24.4 Å². The zero-order valence-electron chi connectivity index (χ0n) is 21.7. The largest absolute Gasteiger partial charge is 0.379 e. The molecule has 188 valence electrons. The summed E-state index contributed by atoms with van der Waals surface area (Å²) in [6, 6.07) is 16.7. The molecule has 3 nitrogen and oxygen atoms in total. The zero-order chi connectivity index (χ0) is 24.0. The van der Waals surface area contributed by atoms with Gasteiger partial charge in [-0.1, -0.05) is 61.5 Å². The third kappa shape index (κ3) is 2.97. The van der Waals surface area contributed by atoms with Crippen molar-refractivity contribution in [2.75, 3.05) is 26.3 Å². The molecule has 2 saturated heterocycles. The van der Waals surface area contributed by atoms with Crippen LogP contribution < -0.4 is 0 Å². The van der Waals surface area contributed by atoms with Crippen molar-refractivity contribution >= 4 is 10.8 Å². The van der Waals surface area contributed by atoms with Crippen molar-refractivity contribution in [3.8, 4) is 0 Å². The average molecular weight is 482 g/mol. The van der Waals surface area contributed by atoms with Crippen molar-refractivity contribution in [1.82, 2.24) is 4.90 Å². The molecule has 36 heavy (non-hydrogen) atoms. The van der Waals surface area contributed by atoms with E-state index in [4.69, 9.17) is 9.47 Å². The summed E-state index contributed by atoms with van der Waals surface area (Å²) in [5.41, 5.74) is 4.88. The highest BCUT2D eigenvalue weighted by Gasteiger charge is 2.66. The van der Waals surface area contributed by atoms with Gasteiger partial charge in [-0.3, -0.25) is 4.90 Å². The molecule has 2 bridgehead atoms. The van der Waals surface area contributed by atoms with Crippen LogP contribution in [0.5, 0.6) is 0 Å². The fourth-order valence-electron chi connectivity index (χ4n) is 9.61. The van der Waals surface area contributed by atoms with Crippen LogP contribution in [0.3, 0.4) is 0 Å². The third-order valence-electron chi connectivity index (χ3n) is 11.4. The zero-order valence-corrected chi connectivity index (χ0v) is 21.7. The minimum absolute atomic E-state index is 0.0160. The lowest BCUT2D eigenvalue weighted by atomic mass is 9.58. The van der Waals surface area contributed by atoms with E-state index in [1.165, 1.54) is 73.3 Å². The molecular formula is C33H39NO2. The van der Waals surface area contributed by atoms with Crippen LogP contribution >= 0.6 is 0 Å². The Balaban J connectivity index is 1.13.